The number of carbonyl (C=O) groups is 2. The molecule has 0 bridgehead atoms. The first-order valence-corrected chi connectivity index (χ1v) is 13.8. The lowest BCUT2D eigenvalue weighted by Gasteiger charge is -2.32. The Labute approximate surface area is 224 Å². The third-order valence-electron chi connectivity index (χ3n) is 6.07. The molecule has 3 aromatic rings. The number of halogens is 1. The van der Waals surface area contributed by atoms with Crippen LogP contribution < -0.4 is 9.62 Å². The third-order valence-corrected chi connectivity index (χ3v) is 8.25. The lowest BCUT2D eigenvalue weighted by Crippen LogP contribution is -2.51. The molecule has 9 heteroatoms. The van der Waals surface area contributed by atoms with Crippen molar-refractivity contribution in [1.82, 2.24) is 10.2 Å². The molecular weight excluding hydrogens is 510 g/mol. The molecule has 37 heavy (non-hydrogen) atoms. The van der Waals surface area contributed by atoms with Crippen LogP contribution in [0.5, 0.6) is 0 Å². The number of nitrogens with one attached hydrogen (secondary N) is 1. The van der Waals surface area contributed by atoms with Crippen molar-refractivity contribution >= 4 is 39.1 Å². The summed E-state index contributed by atoms with van der Waals surface area (Å²) in [6.07, 6.45) is 0. The Morgan fingerprint density at radius 3 is 2.30 bits per heavy atom. The zero-order valence-corrected chi connectivity index (χ0v) is 23.0. The molecule has 7 nitrogen and oxygen atoms in total. The second kappa shape index (κ2) is 12.3. The maximum Gasteiger partial charge on any atom is 0.264 e. The van der Waals surface area contributed by atoms with Gasteiger partial charge >= 0.3 is 0 Å². The monoisotopic (exact) mass is 541 g/mol. The summed E-state index contributed by atoms with van der Waals surface area (Å²) in [7, 11) is -4.13. The van der Waals surface area contributed by atoms with Gasteiger partial charge in [-0.1, -0.05) is 65.7 Å². The molecule has 0 saturated carbocycles. The van der Waals surface area contributed by atoms with Crippen LogP contribution in [0.25, 0.3) is 0 Å². The lowest BCUT2D eigenvalue weighted by molar-refractivity contribution is -0.139. The molecule has 0 fully saturated rings. The Balaban J connectivity index is 2.07. The van der Waals surface area contributed by atoms with Gasteiger partial charge in [0.2, 0.25) is 11.8 Å². The van der Waals surface area contributed by atoms with Crippen molar-refractivity contribution in [3.63, 3.8) is 0 Å². The van der Waals surface area contributed by atoms with Crippen LogP contribution in [0.1, 0.15) is 30.5 Å². The average molecular weight is 542 g/mol. The summed E-state index contributed by atoms with van der Waals surface area (Å²) in [5, 5.41) is 3.13. The molecule has 3 rings (SSSR count). The van der Waals surface area contributed by atoms with Gasteiger partial charge in [-0.15, -0.1) is 0 Å². The maximum atomic E-state index is 13.8. The van der Waals surface area contributed by atoms with Gasteiger partial charge in [0.1, 0.15) is 12.6 Å². The van der Waals surface area contributed by atoms with Crippen LogP contribution in [0.3, 0.4) is 0 Å². The predicted octanol–water partition coefficient (Wildman–Crippen LogP) is 4.71. The van der Waals surface area contributed by atoms with Crippen LogP contribution >= 0.6 is 11.6 Å². The first-order valence-electron chi connectivity index (χ1n) is 12.0. The zero-order valence-electron chi connectivity index (χ0n) is 21.4. The molecule has 1 atom stereocenters. The summed E-state index contributed by atoms with van der Waals surface area (Å²) >= 11 is 6.33. The number of aryl methyl sites for hydroxylation is 1. The molecule has 3 aromatic carbocycles. The molecule has 0 saturated heterocycles. The van der Waals surface area contributed by atoms with E-state index in [9.17, 15) is 18.0 Å². The summed E-state index contributed by atoms with van der Waals surface area (Å²) in [5.74, 6) is -0.834. The van der Waals surface area contributed by atoms with E-state index in [1.165, 1.54) is 17.0 Å². The van der Waals surface area contributed by atoms with Crippen molar-refractivity contribution in [3.05, 3.63) is 94.5 Å². The van der Waals surface area contributed by atoms with E-state index in [0.29, 0.717) is 22.8 Å². The predicted molar refractivity (Wildman–Crippen MR) is 147 cm³/mol. The number of amides is 2. The minimum absolute atomic E-state index is 0.0455. The van der Waals surface area contributed by atoms with E-state index < -0.39 is 28.5 Å². The van der Waals surface area contributed by atoms with Crippen LogP contribution in [0.15, 0.2) is 77.7 Å². The van der Waals surface area contributed by atoms with E-state index >= 15 is 0 Å². The molecule has 196 valence electrons. The number of hydrogen-bond acceptors (Lipinski definition) is 4. The topological polar surface area (TPSA) is 86.8 Å². The van der Waals surface area contributed by atoms with Gasteiger partial charge < -0.3 is 10.2 Å². The number of carbonyl (C=O) groups excluding carboxylic acids is 2. The van der Waals surface area contributed by atoms with E-state index in [0.717, 1.165) is 15.4 Å². The third kappa shape index (κ3) is 6.70. The Kier molecular flexibility index (Phi) is 9.34. The Morgan fingerprint density at radius 2 is 1.65 bits per heavy atom. The van der Waals surface area contributed by atoms with Gasteiger partial charge in [0.15, 0.2) is 0 Å². The number of nitrogens with zero attached hydrogens (tertiary/aromatic N) is 2. The Bertz CT molecular complexity index is 1360. The van der Waals surface area contributed by atoms with E-state index in [2.05, 4.69) is 5.32 Å². The van der Waals surface area contributed by atoms with Crippen molar-refractivity contribution in [2.24, 2.45) is 0 Å². The van der Waals surface area contributed by atoms with Gasteiger partial charge in [0.05, 0.1) is 10.6 Å². The van der Waals surface area contributed by atoms with E-state index in [1.54, 1.807) is 57.2 Å². The molecule has 1 N–H and O–H groups in total. The molecule has 0 heterocycles. The number of sulfonamides is 1. The highest BCUT2D eigenvalue weighted by Gasteiger charge is 2.33. The van der Waals surface area contributed by atoms with Gasteiger partial charge in [-0.05, 0) is 63.1 Å². The molecule has 2 amide bonds. The van der Waals surface area contributed by atoms with Gasteiger partial charge in [0, 0.05) is 18.1 Å². The second-order valence-corrected chi connectivity index (χ2v) is 11.1. The molecule has 0 aliphatic carbocycles. The van der Waals surface area contributed by atoms with Crippen molar-refractivity contribution in [2.45, 2.75) is 45.2 Å². The zero-order chi connectivity index (χ0) is 27.2. The fraction of sp³-hybridized carbons (Fsp3) is 0.286. The number of benzene rings is 3. The fourth-order valence-corrected chi connectivity index (χ4v) is 5.67. The second-order valence-electron chi connectivity index (χ2n) is 8.79. The molecule has 0 aromatic heterocycles. The number of rotatable bonds is 10. The van der Waals surface area contributed by atoms with E-state index in [-0.39, 0.29) is 17.3 Å². The summed E-state index contributed by atoms with van der Waals surface area (Å²) in [6, 6.07) is 19.7. The van der Waals surface area contributed by atoms with Gasteiger partial charge in [-0.25, -0.2) is 8.42 Å². The summed E-state index contributed by atoms with van der Waals surface area (Å²) in [6.45, 7) is 7.13. The minimum Gasteiger partial charge on any atom is -0.355 e. The van der Waals surface area contributed by atoms with E-state index in [4.69, 9.17) is 11.6 Å². The SMILES string of the molecule is CCNC(=O)C(C)N(Cc1cccc(C)c1)C(=O)CN(c1cccc(Cl)c1C)S(=O)(=O)c1ccccc1. The van der Waals surface area contributed by atoms with Gasteiger partial charge in [0.25, 0.3) is 10.0 Å². The Hall–Kier alpha value is -3.36. The van der Waals surface area contributed by atoms with Crippen LogP contribution in [0.4, 0.5) is 5.69 Å². The van der Waals surface area contributed by atoms with Crippen LogP contribution in [0.2, 0.25) is 5.02 Å². The molecule has 0 aliphatic rings. The average Bonchev–Trinajstić information content (AvgIpc) is 2.88. The van der Waals surface area contributed by atoms with Crippen LogP contribution in [-0.4, -0.2) is 44.3 Å². The highest BCUT2D eigenvalue weighted by Crippen LogP contribution is 2.31. The number of likely N-dealkylation sites (N-methyl/N-ethyl adjacent to an activating group) is 1. The highest BCUT2D eigenvalue weighted by atomic mass is 35.5. The van der Waals surface area contributed by atoms with Crippen molar-refractivity contribution < 1.29 is 18.0 Å². The van der Waals surface area contributed by atoms with Gasteiger partial charge in [-0.2, -0.15) is 0 Å². The first-order chi connectivity index (χ1) is 17.6. The van der Waals surface area contributed by atoms with Crippen molar-refractivity contribution in [3.8, 4) is 0 Å². The maximum absolute atomic E-state index is 13.8. The molecular formula is C28H32ClN3O4S. The minimum atomic E-state index is -4.13. The molecule has 0 spiro atoms. The summed E-state index contributed by atoms with van der Waals surface area (Å²) < 4.78 is 28.7. The highest BCUT2D eigenvalue weighted by molar-refractivity contribution is 7.92. The molecule has 0 radical (unpaired) electrons. The molecule has 1 unspecified atom stereocenters. The molecule has 0 aliphatic heterocycles. The number of hydrogen-bond donors (Lipinski definition) is 1. The standard InChI is InChI=1S/C28H32ClN3O4S/c1-5-30-28(34)22(4)31(18-23-12-9-11-20(2)17-23)27(33)19-32(26-16-10-15-25(29)21(26)3)37(35,36)24-13-7-6-8-14-24/h6-17,22H,5,18-19H2,1-4H3,(H,30,34). The lowest BCUT2D eigenvalue weighted by atomic mass is 10.1. The fourth-order valence-electron chi connectivity index (χ4n) is 4.01. The van der Waals surface area contributed by atoms with Crippen molar-refractivity contribution in [2.75, 3.05) is 17.4 Å². The first kappa shape index (κ1) is 28.2. The van der Waals surface area contributed by atoms with Crippen molar-refractivity contribution in [1.29, 1.82) is 0 Å². The largest absolute Gasteiger partial charge is 0.355 e. The van der Waals surface area contributed by atoms with Crippen LogP contribution in [0, 0.1) is 13.8 Å². The summed E-state index contributed by atoms with van der Waals surface area (Å²) in [5.41, 5.74) is 2.67. The summed E-state index contributed by atoms with van der Waals surface area (Å²) in [4.78, 5) is 28.1. The van der Waals surface area contributed by atoms with E-state index in [1.807, 2.05) is 31.2 Å². The smallest absolute Gasteiger partial charge is 0.264 e. The number of anilines is 1. The van der Waals surface area contributed by atoms with Gasteiger partial charge in [-0.3, -0.25) is 13.9 Å². The Morgan fingerprint density at radius 1 is 0.973 bits per heavy atom. The van der Waals surface area contributed by atoms with Crippen LogP contribution in [-0.2, 0) is 26.2 Å². The normalized spacial score (nSPS) is 12.0. The quantitative estimate of drug-likeness (QED) is 0.403.